The minimum absolute atomic E-state index is 0.0464. The lowest BCUT2D eigenvalue weighted by Gasteiger charge is -2.04. The number of methoxy groups -OCH3 is 1. The van der Waals surface area contributed by atoms with Gasteiger partial charge in [0, 0.05) is 22.5 Å². The van der Waals surface area contributed by atoms with Crippen LogP contribution >= 0.6 is 11.6 Å². The average Bonchev–Trinajstić information content (AvgIpc) is 2.94. The van der Waals surface area contributed by atoms with Crippen LogP contribution < -0.4 is 0 Å². The van der Waals surface area contributed by atoms with Gasteiger partial charge in [-0.1, -0.05) is 23.7 Å². The molecule has 0 radical (unpaired) electrons. The van der Waals surface area contributed by atoms with Crippen LogP contribution in [0.1, 0.15) is 16.1 Å². The summed E-state index contributed by atoms with van der Waals surface area (Å²) in [5, 5.41) is 16.2. The van der Waals surface area contributed by atoms with Gasteiger partial charge in [0.1, 0.15) is 0 Å². The third kappa shape index (κ3) is 2.93. The van der Waals surface area contributed by atoms with Crippen molar-refractivity contribution >= 4 is 34.2 Å². The molecule has 0 aliphatic heterocycles. The maximum absolute atomic E-state index is 11.9. The molecule has 3 rings (SSSR count). The van der Waals surface area contributed by atoms with Crippen molar-refractivity contribution in [2.24, 2.45) is 0 Å². The van der Waals surface area contributed by atoms with Crippen LogP contribution in [-0.4, -0.2) is 27.8 Å². The monoisotopic (exact) mass is 345 g/mol. The first-order valence-corrected chi connectivity index (χ1v) is 7.35. The highest BCUT2D eigenvalue weighted by Gasteiger charge is 2.20. The number of carbonyl (C=O) groups excluding carboxylic acids is 1. The van der Waals surface area contributed by atoms with Gasteiger partial charge in [-0.15, -0.1) is 0 Å². The lowest BCUT2D eigenvalue weighted by molar-refractivity contribution is -0.384. The minimum Gasteiger partial charge on any atom is -0.464 e. The zero-order valence-electron chi connectivity index (χ0n) is 12.6. The summed E-state index contributed by atoms with van der Waals surface area (Å²) in [7, 11) is 1.24. The molecule has 2 aromatic carbocycles. The van der Waals surface area contributed by atoms with Crippen LogP contribution in [0.4, 0.5) is 5.69 Å². The predicted octanol–water partition coefficient (Wildman–Crippen LogP) is 3.43. The Labute approximate surface area is 141 Å². The predicted molar refractivity (Wildman–Crippen MR) is 88.3 cm³/mol. The largest absolute Gasteiger partial charge is 0.464 e. The molecule has 0 aliphatic rings. The van der Waals surface area contributed by atoms with Crippen molar-refractivity contribution in [3.63, 3.8) is 0 Å². The van der Waals surface area contributed by atoms with Gasteiger partial charge in [-0.25, -0.2) is 4.79 Å². The number of nitrogens with zero attached hydrogens (tertiary/aromatic N) is 3. The van der Waals surface area contributed by atoms with Gasteiger partial charge in [0.05, 0.1) is 24.1 Å². The molecule has 24 heavy (non-hydrogen) atoms. The van der Waals surface area contributed by atoms with Crippen LogP contribution in [0, 0.1) is 10.1 Å². The van der Waals surface area contributed by atoms with Gasteiger partial charge in [-0.05, 0) is 23.8 Å². The van der Waals surface area contributed by atoms with Gasteiger partial charge in [0.25, 0.3) is 5.69 Å². The SMILES string of the molecule is COC(=O)c1nn(Cc2ccc(Cl)cc2)c2ccc([N+](=O)[O-])cc12. The minimum atomic E-state index is -0.643. The van der Waals surface area contributed by atoms with Gasteiger partial charge < -0.3 is 4.74 Å². The van der Waals surface area contributed by atoms with E-state index in [1.807, 2.05) is 12.1 Å². The summed E-state index contributed by atoms with van der Waals surface area (Å²) in [5.41, 5.74) is 1.47. The molecular weight excluding hydrogens is 334 g/mol. The molecular formula is C16H12ClN3O4. The Bertz CT molecular complexity index is 934. The molecule has 3 aromatic rings. The molecule has 8 heteroatoms. The number of hydrogen-bond acceptors (Lipinski definition) is 5. The zero-order valence-corrected chi connectivity index (χ0v) is 13.4. The number of esters is 1. The summed E-state index contributed by atoms with van der Waals surface area (Å²) < 4.78 is 6.33. The fourth-order valence-electron chi connectivity index (χ4n) is 2.41. The van der Waals surface area contributed by atoms with Crippen LogP contribution in [0.15, 0.2) is 42.5 Å². The lowest BCUT2D eigenvalue weighted by atomic mass is 10.2. The van der Waals surface area contributed by atoms with Crippen molar-refractivity contribution in [2.45, 2.75) is 6.54 Å². The number of rotatable bonds is 4. The molecule has 0 atom stereocenters. The second kappa shape index (κ2) is 6.29. The first-order chi connectivity index (χ1) is 11.5. The van der Waals surface area contributed by atoms with E-state index in [1.165, 1.54) is 19.2 Å². The molecule has 0 saturated heterocycles. The van der Waals surface area contributed by atoms with Crippen molar-refractivity contribution in [1.29, 1.82) is 0 Å². The molecule has 0 amide bonds. The zero-order chi connectivity index (χ0) is 17.3. The first kappa shape index (κ1) is 15.9. The number of non-ortho nitro benzene ring substituents is 1. The van der Waals surface area contributed by atoms with E-state index in [1.54, 1.807) is 22.9 Å². The number of fused-ring (bicyclic) bond motifs is 1. The molecule has 0 aliphatic carbocycles. The highest BCUT2D eigenvalue weighted by Crippen LogP contribution is 2.25. The quantitative estimate of drug-likeness (QED) is 0.410. The van der Waals surface area contributed by atoms with E-state index in [-0.39, 0.29) is 11.4 Å². The second-order valence-corrected chi connectivity index (χ2v) is 5.52. The average molecular weight is 346 g/mol. The van der Waals surface area contributed by atoms with Gasteiger partial charge in [0.15, 0.2) is 5.69 Å². The van der Waals surface area contributed by atoms with Crippen molar-refractivity contribution in [3.05, 3.63) is 68.9 Å². The van der Waals surface area contributed by atoms with E-state index in [2.05, 4.69) is 5.10 Å². The number of halogens is 1. The van der Waals surface area contributed by atoms with Crippen LogP contribution in [0.5, 0.6) is 0 Å². The summed E-state index contributed by atoms with van der Waals surface area (Å²) in [6.45, 7) is 0.391. The summed E-state index contributed by atoms with van der Waals surface area (Å²) in [5.74, 6) is -0.643. The molecule has 122 valence electrons. The summed E-state index contributed by atoms with van der Waals surface area (Å²) in [6, 6.07) is 11.5. The number of aromatic nitrogens is 2. The summed E-state index contributed by atoms with van der Waals surface area (Å²) in [6.07, 6.45) is 0. The Morgan fingerprint density at radius 1 is 1.29 bits per heavy atom. The fourth-order valence-corrected chi connectivity index (χ4v) is 2.54. The van der Waals surface area contributed by atoms with Crippen LogP contribution in [-0.2, 0) is 11.3 Å². The van der Waals surface area contributed by atoms with Crippen molar-refractivity contribution in [2.75, 3.05) is 7.11 Å². The maximum atomic E-state index is 11.9. The van der Waals surface area contributed by atoms with Gasteiger partial charge >= 0.3 is 5.97 Å². The number of benzene rings is 2. The maximum Gasteiger partial charge on any atom is 0.359 e. The smallest absolute Gasteiger partial charge is 0.359 e. The Morgan fingerprint density at radius 3 is 2.62 bits per heavy atom. The van der Waals surface area contributed by atoms with E-state index in [4.69, 9.17) is 16.3 Å². The van der Waals surface area contributed by atoms with Gasteiger partial charge in [-0.2, -0.15) is 5.10 Å². The number of nitro groups is 1. The first-order valence-electron chi connectivity index (χ1n) is 6.97. The molecule has 0 bridgehead atoms. The van der Waals surface area contributed by atoms with E-state index in [0.29, 0.717) is 22.5 Å². The molecule has 7 nitrogen and oxygen atoms in total. The third-order valence-corrected chi connectivity index (χ3v) is 3.82. The van der Waals surface area contributed by atoms with Crippen LogP contribution in [0.25, 0.3) is 10.9 Å². The molecule has 0 saturated carbocycles. The van der Waals surface area contributed by atoms with Crippen LogP contribution in [0.3, 0.4) is 0 Å². The number of hydrogen-bond donors (Lipinski definition) is 0. The number of nitro benzene ring substituents is 1. The molecule has 0 spiro atoms. The molecule has 1 aromatic heterocycles. The standard InChI is InChI=1S/C16H12ClN3O4/c1-24-16(21)15-13-8-12(20(22)23)6-7-14(13)19(18-15)9-10-2-4-11(17)5-3-10/h2-8H,9H2,1H3. The van der Waals surface area contributed by atoms with Crippen molar-refractivity contribution in [1.82, 2.24) is 9.78 Å². The van der Waals surface area contributed by atoms with Gasteiger partial charge in [-0.3, -0.25) is 14.8 Å². The Kier molecular flexibility index (Phi) is 4.18. The van der Waals surface area contributed by atoms with E-state index >= 15 is 0 Å². The highest BCUT2D eigenvalue weighted by molar-refractivity contribution is 6.30. The highest BCUT2D eigenvalue weighted by atomic mass is 35.5. The molecule has 1 heterocycles. The Hall–Kier alpha value is -2.93. The Morgan fingerprint density at radius 2 is 2.00 bits per heavy atom. The third-order valence-electron chi connectivity index (χ3n) is 3.57. The van der Waals surface area contributed by atoms with E-state index in [0.717, 1.165) is 5.56 Å². The van der Waals surface area contributed by atoms with Crippen LogP contribution in [0.2, 0.25) is 5.02 Å². The van der Waals surface area contributed by atoms with Crippen molar-refractivity contribution in [3.8, 4) is 0 Å². The number of ether oxygens (including phenoxy) is 1. The normalized spacial score (nSPS) is 10.8. The molecule has 0 N–H and O–H groups in total. The molecule has 0 fully saturated rings. The fraction of sp³-hybridized carbons (Fsp3) is 0.125. The lowest BCUT2D eigenvalue weighted by Crippen LogP contribution is -2.06. The number of carbonyl (C=O) groups is 1. The second-order valence-electron chi connectivity index (χ2n) is 5.08. The topological polar surface area (TPSA) is 87.3 Å². The Balaban J connectivity index is 2.12. The molecule has 0 unspecified atom stereocenters. The van der Waals surface area contributed by atoms with Crippen molar-refractivity contribution < 1.29 is 14.5 Å². The van der Waals surface area contributed by atoms with E-state index in [9.17, 15) is 14.9 Å². The van der Waals surface area contributed by atoms with Gasteiger partial charge in [0.2, 0.25) is 0 Å². The summed E-state index contributed by atoms with van der Waals surface area (Å²) >= 11 is 5.87. The summed E-state index contributed by atoms with van der Waals surface area (Å²) in [4.78, 5) is 22.4. The van der Waals surface area contributed by atoms with E-state index < -0.39 is 10.9 Å².